The Bertz CT molecular complexity index is 162. The second-order valence-corrected chi connectivity index (χ2v) is 5.05. The van der Waals surface area contributed by atoms with E-state index in [-0.39, 0.29) is 5.54 Å². The van der Waals surface area contributed by atoms with Crippen molar-refractivity contribution in [2.45, 2.75) is 58.8 Å². The third-order valence-corrected chi connectivity index (χ3v) is 2.73. The molecule has 0 spiro atoms. The van der Waals surface area contributed by atoms with E-state index in [0.29, 0.717) is 12.2 Å². The molecule has 1 aliphatic heterocycles. The molecule has 0 aromatic rings. The van der Waals surface area contributed by atoms with Crippen LogP contribution in [0.15, 0.2) is 0 Å². The molecule has 0 aliphatic carbocycles. The highest BCUT2D eigenvalue weighted by Crippen LogP contribution is 2.21. The molecule has 13 heavy (non-hydrogen) atoms. The van der Waals surface area contributed by atoms with Gasteiger partial charge in [-0.05, 0) is 34.1 Å². The lowest BCUT2D eigenvalue weighted by molar-refractivity contribution is -0.101. The van der Waals surface area contributed by atoms with Crippen LogP contribution in [-0.2, 0) is 4.74 Å². The first-order chi connectivity index (χ1) is 5.93. The van der Waals surface area contributed by atoms with Crippen LogP contribution >= 0.6 is 0 Å². The van der Waals surface area contributed by atoms with Crippen molar-refractivity contribution in [2.75, 3.05) is 13.1 Å². The van der Waals surface area contributed by atoms with Crippen molar-refractivity contribution in [2.24, 2.45) is 0 Å². The molecule has 78 valence electrons. The van der Waals surface area contributed by atoms with E-state index in [0.717, 1.165) is 19.5 Å². The molecule has 1 fully saturated rings. The molecule has 2 atom stereocenters. The lowest BCUT2D eigenvalue weighted by Crippen LogP contribution is -2.53. The summed E-state index contributed by atoms with van der Waals surface area (Å²) in [6.45, 7) is 13.3. The Hall–Kier alpha value is -0.0800. The molecule has 1 heterocycles. The van der Waals surface area contributed by atoms with Gasteiger partial charge in [0, 0.05) is 18.6 Å². The molecule has 0 radical (unpaired) electrons. The molecule has 0 N–H and O–H groups in total. The number of morpholine rings is 1. The first-order valence-corrected chi connectivity index (χ1v) is 5.34. The number of hydrogen-bond donors (Lipinski definition) is 0. The maximum absolute atomic E-state index is 5.82. The zero-order valence-corrected chi connectivity index (χ0v) is 9.63. The summed E-state index contributed by atoms with van der Waals surface area (Å²) in [5, 5.41) is 0. The van der Waals surface area contributed by atoms with Crippen LogP contribution in [0.25, 0.3) is 0 Å². The van der Waals surface area contributed by atoms with Crippen LogP contribution < -0.4 is 0 Å². The zero-order valence-electron chi connectivity index (χ0n) is 9.63. The van der Waals surface area contributed by atoms with E-state index in [2.05, 4.69) is 39.5 Å². The Kier molecular flexibility index (Phi) is 3.36. The van der Waals surface area contributed by atoms with Crippen molar-refractivity contribution in [1.82, 2.24) is 4.90 Å². The van der Waals surface area contributed by atoms with Gasteiger partial charge in [0.25, 0.3) is 0 Å². The third-order valence-electron chi connectivity index (χ3n) is 2.73. The average molecular weight is 185 g/mol. The summed E-state index contributed by atoms with van der Waals surface area (Å²) in [5.74, 6) is 0. The largest absolute Gasteiger partial charge is 0.373 e. The molecular weight excluding hydrogens is 162 g/mol. The minimum atomic E-state index is 0.283. The SMILES string of the molecule is CCC1CN(C(C)(C)C)CC(C)O1. The third kappa shape index (κ3) is 2.96. The summed E-state index contributed by atoms with van der Waals surface area (Å²) in [6, 6.07) is 0. The highest BCUT2D eigenvalue weighted by molar-refractivity contribution is 4.83. The number of ether oxygens (including phenoxy) is 1. The summed E-state index contributed by atoms with van der Waals surface area (Å²) in [4.78, 5) is 2.52. The molecule has 2 unspecified atom stereocenters. The van der Waals surface area contributed by atoms with Crippen molar-refractivity contribution in [1.29, 1.82) is 0 Å². The van der Waals surface area contributed by atoms with Gasteiger partial charge in [0.2, 0.25) is 0 Å². The normalized spacial score (nSPS) is 32.1. The summed E-state index contributed by atoms with van der Waals surface area (Å²) in [7, 11) is 0. The van der Waals surface area contributed by atoms with Crippen LogP contribution in [0.3, 0.4) is 0 Å². The molecule has 0 saturated carbocycles. The van der Waals surface area contributed by atoms with Gasteiger partial charge < -0.3 is 4.74 Å². The van der Waals surface area contributed by atoms with Gasteiger partial charge in [-0.3, -0.25) is 4.90 Å². The van der Waals surface area contributed by atoms with Crippen LogP contribution in [0, 0.1) is 0 Å². The van der Waals surface area contributed by atoms with Crippen LogP contribution in [0.5, 0.6) is 0 Å². The van der Waals surface area contributed by atoms with Crippen LogP contribution in [0.1, 0.15) is 41.0 Å². The molecule has 0 aromatic heterocycles. The van der Waals surface area contributed by atoms with E-state index < -0.39 is 0 Å². The van der Waals surface area contributed by atoms with Gasteiger partial charge >= 0.3 is 0 Å². The van der Waals surface area contributed by atoms with Crippen molar-refractivity contribution in [3.8, 4) is 0 Å². The lowest BCUT2D eigenvalue weighted by atomic mass is 10.0. The number of hydrogen-bond acceptors (Lipinski definition) is 2. The van der Waals surface area contributed by atoms with E-state index in [4.69, 9.17) is 4.74 Å². The Labute approximate surface area is 82.3 Å². The summed E-state index contributed by atoms with van der Waals surface area (Å²) in [6.07, 6.45) is 1.94. The van der Waals surface area contributed by atoms with E-state index in [1.165, 1.54) is 0 Å². The quantitative estimate of drug-likeness (QED) is 0.621. The maximum Gasteiger partial charge on any atom is 0.0703 e. The van der Waals surface area contributed by atoms with Crippen molar-refractivity contribution in [3.63, 3.8) is 0 Å². The van der Waals surface area contributed by atoms with E-state index in [9.17, 15) is 0 Å². The van der Waals surface area contributed by atoms with Gasteiger partial charge in [-0.25, -0.2) is 0 Å². The molecule has 1 saturated heterocycles. The molecule has 2 heteroatoms. The molecule has 0 aromatic carbocycles. The number of nitrogens with zero attached hydrogens (tertiary/aromatic N) is 1. The van der Waals surface area contributed by atoms with Gasteiger partial charge in [0.15, 0.2) is 0 Å². The van der Waals surface area contributed by atoms with Crippen LogP contribution in [0.2, 0.25) is 0 Å². The second kappa shape index (κ2) is 3.97. The topological polar surface area (TPSA) is 12.5 Å². The van der Waals surface area contributed by atoms with E-state index in [1.54, 1.807) is 0 Å². The zero-order chi connectivity index (χ0) is 10.1. The predicted molar refractivity (Wildman–Crippen MR) is 56.0 cm³/mol. The highest BCUT2D eigenvalue weighted by Gasteiger charge is 2.30. The first-order valence-electron chi connectivity index (χ1n) is 5.34. The Morgan fingerprint density at radius 2 is 1.92 bits per heavy atom. The molecular formula is C11H23NO. The summed E-state index contributed by atoms with van der Waals surface area (Å²) in [5.41, 5.74) is 0.283. The number of rotatable bonds is 1. The first kappa shape index (κ1) is 11.0. The van der Waals surface area contributed by atoms with E-state index >= 15 is 0 Å². The molecule has 0 bridgehead atoms. The van der Waals surface area contributed by atoms with Crippen LogP contribution in [0.4, 0.5) is 0 Å². The Morgan fingerprint density at radius 1 is 1.31 bits per heavy atom. The van der Waals surface area contributed by atoms with Crippen molar-refractivity contribution in [3.05, 3.63) is 0 Å². The molecule has 1 rings (SSSR count). The van der Waals surface area contributed by atoms with Gasteiger partial charge in [0.05, 0.1) is 12.2 Å². The minimum absolute atomic E-state index is 0.283. The smallest absolute Gasteiger partial charge is 0.0703 e. The summed E-state index contributed by atoms with van der Waals surface area (Å²) >= 11 is 0. The van der Waals surface area contributed by atoms with Gasteiger partial charge in [-0.2, -0.15) is 0 Å². The van der Waals surface area contributed by atoms with Gasteiger partial charge in [0.1, 0.15) is 0 Å². The Morgan fingerprint density at radius 3 is 2.38 bits per heavy atom. The molecule has 1 aliphatic rings. The van der Waals surface area contributed by atoms with Gasteiger partial charge in [-0.1, -0.05) is 6.92 Å². The fourth-order valence-corrected chi connectivity index (χ4v) is 1.82. The lowest BCUT2D eigenvalue weighted by Gasteiger charge is -2.44. The standard InChI is InChI=1S/C11H23NO/c1-6-10-8-12(11(3,4)5)7-9(2)13-10/h9-10H,6-8H2,1-5H3. The Balaban J connectivity index is 2.57. The van der Waals surface area contributed by atoms with Crippen LogP contribution in [-0.4, -0.2) is 35.7 Å². The monoisotopic (exact) mass is 185 g/mol. The van der Waals surface area contributed by atoms with E-state index in [1.807, 2.05) is 0 Å². The predicted octanol–water partition coefficient (Wildman–Crippen LogP) is 2.28. The fraction of sp³-hybridized carbons (Fsp3) is 1.00. The highest BCUT2D eigenvalue weighted by atomic mass is 16.5. The second-order valence-electron chi connectivity index (χ2n) is 5.05. The van der Waals surface area contributed by atoms with Gasteiger partial charge in [-0.15, -0.1) is 0 Å². The fourth-order valence-electron chi connectivity index (χ4n) is 1.82. The molecule has 0 amide bonds. The average Bonchev–Trinajstić information content (AvgIpc) is 2.01. The molecule has 2 nitrogen and oxygen atoms in total. The summed E-state index contributed by atoms with van der Waals surface area (Å²) < 4.78 is 5.82. The maximum atomic E-state index is 5.82. The minimum Gasteiger partial charge on any atom is -0.373 e. The van der Waals surface area contributed by atoms with Crippen molar-refractivity contribution < 1.29 is 4.74 Å². The van der Waals surface area contributed by atoms with Crippen molar-refractivity contribution >= 4 is 0 Å².